The van der Waals surface area contributed by atoms with Crippen LogP contribution < -0.4 is 14.8 Å². The number of halogens is 2. The molecule has 0 spiro atoms. The number of nitrogens with one attached hydrogen (secondary N) is 1. The Hall–Kier alpha value is -4.03. The van der Waals surface area contributed by atoms with Crippen LogP contribution in [0.25, 0.3) is 11.0 Å². The molecular formula is C35H46F2N4O7. The molecule has 2 bridgehead atoms. The SMILES string of the molecule is CC[C@@H]1[C@@H]2CN(C(=O)[C@H](C(C)(C)C)NC(=O)O[C@@H]3C[C@H]3CC/C=C/C(F)(F)c3nc4ccc(OC)cc4nc3O2)[C@@H]1C(=O)OCC(C)C. The molecular weight excluding hydrogens is 626 g/mol. The second kappa shape index (κ2) is 13.8. The highest BCUT2D eigenvalue weighted by Gasteiger charge is 2.53. The second-order valence-corrected chi connectivity index (χ2v) is 14.4. The number of carbonyl (C=O) groups is 3. The van der Waals surface area contributed by atoms with Gasteiger partial charge in [-0.3, -0.25) is 4.79 Å². The molecule has 3 aliphatic rings. The molecule has 5 rings (SSSR count). The molecule has 1 aliphatic carbocycles. The molecule has 2 aliphatic heterocycles. The molecule has 13 heteroatoms. The van der Waals surface area contributed by atoms with Crippen molar-refractivity contribution < 1.29 is 42.1 Å². The Morgan fingerprint density at radius 3 is 2.56 bits per heavy atom. The largest absolute Gasteiger partial charge is 0.497 e. The molecule has 2 amide bonds. The number of rotatable bonds is 5. The van der Waals surface area contributed by atoms with Crippen molar-refractivity contribution in [2.45, 2.75) is 97.4 Å². The Morgan fingerprint density at radius 2 is 1.90 bits per heavy atom. The number of benzene rings is 1. The summed E-state index contributed by atoms with van der Waals surface area (Å²) in [6.07, 6.45) is 1.92. The van der Waals surface area contributed by atoms with Crippen molar-refractivity contribution in [2.75, 3.05) is 20.3 Å². The van der Waals surface area contributed by atoms with Crippen LogP contribution in [0.4, 0.5) is 13.6 Å². The van der Waals surface area contributed by atoms with Crippen molar-refractivity contribution in [3.05, 3.63) is 36.0 Å². The second-order valence-electron chi connectivity index (χ2n) is 14.4. The maximum atomic E-state index is 16.0. The molecule has 11 nitrogen and oxygen atoms in total. The van der Waals surface area contributed by atoms with E-state index in [1.165, 1.54) is 18.1 Å². The number of aromatic nitrogens is 2. The van der Waals surface area contributed by atoms with E-state index in [0.717, 1.165) is 6.08 Å². The summed E-state index contributed by atoms with van der Waals surface area (Å²) in [4.78, 5) is 51.3. The van der Waals surface area contributed by atoms with Gasteiger partial charge in [-0.2, -0.15) is 8.78 Å². The molecule has 2 aromatic rings. The van der Waals surface area contributed by atoms with Gasteiger partial charge in [0.25, 0.3) is 0 Å². The smallest absolute Gasteiger partial charge is 0.408 e. The van der Waals surface area contributed by atoms with Gasteiger partial charge in [-0.25, -0.2) is 19.6 Å². The van der Waals surface area contributed by atoms with Gasteiger partial charge < -0.3 is 29.2 Å². The van der Waals surface area contributed by atoms with E-state index >= 15 is 8.78 Å². The Kier molecular flexibility index (Phi) is 10.2. The first-order valence-corrected chi connectivity index (χ1v) is 16.7. The first-order chi connectivity index (χ1) is 22.6. The molecule has 1 aromatic heterocycles. The van der Waals surface area contributed by atoms with E-state index < -0.39 is 65.0 Å². The summed E-state index contributed by atoms with van der Waals surface area (Å²) >= 11 is 0. The van der Waals surface area contributed by atoms with E-state index in [2.05, 4.69) is 15.3 Å². The summed E-state index contributed by atoms with van der Waals surface area (Å²) in [6.45, 7) is 11.0. The predicted octanol–water partition coefficient (Wildman–Crippen LogP) is 5.79. The molecule has 1 aromatic carbocycles. The molecule has 6 atom stereocenters. The minimum atomic E-state index is -3.57. The number of hydrogen-bond acceptors (Lipinski definition) is 9. The van der Waals surface area contributed by atoms with Gasteiger partial charge in [0.05, 0.1) is 31.3 Å². The summed E-state index contributed by atoms with van der Waals surface area (Å²) in [6, 6.07) is 2.55. The standard InChI is InChI=1S/C35H46F2N4O7/c1-8-22-26-17-41(27(22)32(43)46-18-19(2)3)31(42)29(34(4,5)6)40-33(44)48-25-15-20(25)11-9-10-14-35(36,37)28-30(47-26)39-24-16-21(45-7)12-13-23(24)38-28/h10,12-14,16,19-20,22,25-27,29H,8-9,11,15,17-18H2,1-7H3,(H,40,44)/b14-10+/t20-,22-,25-,26+,27+,29-/m1/s1. The van der Waals surface area contributed by atoms with Crippen molar-refractivity contribution in [2.24, 2.45) is 23.2 Å². The lowest BCUT2D eigenvalue weighted by Crippen LogP contribution is -2.57. The Bertz CT molecular complexity index is 1560. The fraction of sp³-hybridized carbons (Fsp3) is 0.629. The van der Waals surface area contributed by atoms with Crippen molar-refractivity contribution in [1.29, 1.82) is 0 Å². The normalized spacial score (nSPS) is 28.2. The highest BCUT2D eigenvalue weighted by atomic mass is 19.3. The van der Waals surface area contributed by atoms with Crippen LogP contribution in [0.3, 0.4) is 0 Å². The van der Waals surface area contributed by atoms with E-state index in [9.17, 15) is 14.4 Å². The van der Waals surface area contributed by atoms with Crippen LogP contribution in [0.5, 0.6) is 11.6 Å². The lowest BCUT2D eigenvalue weighted by atomic mass is 9.85. The average molecular weight is 673 g/mol. The summed E-state index contributed by atoms with van der Waals surface area (Å²) in [7, 11) is 1.48. The van der Waals surface area contributed by atoms with Crippen LogP contribution in [-0.2, 0) is 25.0 Å². The Morgan fingerprint density at radius 1 is 1.15 bits per heavy atom. The first-order valence-electron chi connectivity index (χ1n) is 16.7. The molecule has 1 saturated carbocycles. The monoisotopic (exact) mass is 672 g/mol. The number of amides is 2. The number of fused-ring (bicyclic) bond motifs is 5. The molecule has 262 valence electrons. The molecule has 3 heterocycles. The number of nitrogens with zero attached hydrogens (tertiary/aromatic N) is 3. The van der Waals surface area contributed by atoms with E-state index in [4.69, 9.17) is 18.9 Å². The van der Waals surface area contributed by atoms with Gasteiger partial charge in [0.1, 0.15) is 30.0 Å². The quantitative estimate of drug-likeness (QED) is 0.310. The number of methoxy groups -OCH3 is 1. The van der Waals surface area contributed by atoms with Crippen LogP contribution in [0, 0.1) is 23.2 Å². The number of ether oxygens (including phenoxy) is 4. The molecule has 1 N–H and O–H groups in total. The number of hydrogen-bond donors (Lipinski definition) is 1. The summed E-state index contributed by atoms with van der Waals surface area (Å²) in [5, 5.41) is 2.76. The number of alkyl carbamates (subject to hydrolysis) is 1. The van der Waals surface area contributed by atoms with Crippen LogP contribution in [0.2, 0.25) is 0 Å². The minimum absolute atomic E-state index is 0.00999. The van der Waals surface area contributed by atoms with Gasteiger partial charge in [-0.15, -0.1) is 0 Å². The van der Waals surface area contributed by atoms with Crippen LogP contribution in [-0.4, -0.2) is 77.4 Å². The van der Waals surface area contributed by atoms with E-state index in [0.29, 0.717) is 31.4 Å². The third-order valence-corrected chi connectivity index (χ3v) is 9.09. The Labute approximate surface area is 279 Å². The van der Waals surface area contributed by atoms with Gasteiger partial charge in [0.15, 0.2) is 5.69 Å². The number of carbonyl (C=O) groups excluding carboxylic acids is 3. The fourth-order valence-corrected chi connectivity index (χ4v) is 6.33. The van der Waals surface area contributed by atoms with E-state index in [1.54, 1.807) is 39.0 Å². The van der Waals surface area contributed by atoms with Crippen LogP contribution in [0.1, 0.15) is 72.9 Å². The van der Waals surface area contributed by atoms with Gasteiger partial charge in [0.2, 0.25) is 11.8 Å². The third-order valence-electron chi connectivity index (χ3n) is 9.09. The minimum Gasteiger partial charge on any atom is -0.497 e. The number of alkyl halides is 2. The summed E-state index contributed by atoms with van der Waals surface area (Å²) in [5.41, 5.74) is -0.961. The Balaban J connectivity index is 1.62. The zero-order chi connectivity index (χ0) is 35.0. The van der Waals surface area contributed by atoms with Gasteiger partial charge in [-0.1, -0.05) is 47.6 Å². The third kappa shape index (κ3) is 7.65. The number of esters is 1. The van der Waals surface area contributed by atoms with E-state index in [1.807, 2.05) is 20.8 Å². The molecule has 0 radical (unpaired) electrons. The van der Waals surface area contributed by atoms with Crippen LogP contribution >= 0.6 is 0 Å². The fourth-order valence-electron chi connectivity index (χ4n) is 6.33. The zero-order valence-corrected chi connectivity index (χ0v) is 28.6. The van der Waals surface area contributed by atoms with E-state index in [-0.39, 0.29) is 42.1 Å². The molecule has 2 fully saturated rings. The van der Waals surface area contributed by atoms with Crippen molar-refractivity contribution in [3.63, 3.8) is 0 Å². The summed E-state index contributed by atoms with van der Waals surface area (Å²) < 4.78 is 54.9. The van der Waals surface area contributed by atoms with Crippen LogP contribution in [0.15, 0.2) is 30.4 Å². The lowest BCUT2D eigenvalue weighted by Gasteiger charge is -2.35. The highest BCUT2D eigenvalue weighted by Crippen LogP contribution is 2.41. The molecule has 48 heavy (non-hydrogen) atoms. The predicted molar refractivity (Wildman–Crippen MR) is 173 cm³/mol. The maximum absolute atomic E-state index is 16.0. The average Bonchev–Trinajstić information content (AvgIpc) is 3.65. The lowest BCUT2D eigenvalue weighted by molar-refractivity contribution is -0.157. The van der Waals surface area contributed by atoms with Gasteiger partial charge >= 0.3 is 18.0 Å². The first kappa shape index (κ1) is 35.3. The topological polar surface area (TPSA) is 129 Å². The maximum Gasteiger partial charge on any atom is 0.408 e. The van der Waals surface area contributed by atoms with Gasteiger partial charge in [0, 0.05) is 12.0 Å². The summed E-state index contributed by atoms with van der Waals surface area (Å²) in [5.74, 6) is -5.31. The molecule has 0 unspecified atom stereocenters. The van der Waals surface area contributed by atoms with Gasteiger partial charge in [-0.05, 0) is 61.1 Å². The highest BCUT2D eigenvalue weighted by molar-refractivity contribution is 5.91. The zero-order valence-electron chi connectivity index (χ0n) is 28.6. The number of allylic oxidation sites excluding steroid dienone is 2. The van der Waals surface area contributed by atoms with Crippen molar-refractivity contribution in [3.8, 4) is 11.6 Å². The van der Waals surface area contributed by atoms with Crippen molar-refractivity contribution in [1.82, 2.24) is 20.2 Å². The van der Waals surface area contributed by atoms with Crippen molar-refractivity contribution >= 4 is 29.0 Å². The molecule has 1 saturated heterocycles.